The van der Waals surface area contributed by atoms with Crippen LogP contribution in [-0.4, -0.2) is 18.2 Å². The van der Waals surface area contributed by atoms with E-state index in [4.69, 9.17) is 4.74 Å². The van der Waals surface area contributed by atoms with Crippen LogP contribution in [0.1, 0.15) is 5.56 Å². The van der Waals surface area contributed by atoms with E-state index in [2.05, 4.69) is 11.9 Å². The van der Waals surface area contributed by atoms with Crippen LogP contribution < -0.4 is 5.32 Å². The average molecular weight is 203 g/mol. The van der Waals surface area contributed by atoms with Gasteiger partial charge in [0.1, 0.15) is 6.10 Å². The van der Waals surface area contributed by atoms with Crippen LogP contribution in [0.3, 0.4) is 0 Å². The molecule has 78 valence electrons. The maximum atomic E-state index is 11.0. The lowest BCUT2D eigenvalue weighted by molar-refractivity contribution is 0.153. The molecule has 1 aliphatic heterocycles. The fourth-order valence-electron chi connectivity index (χ4n) is 1.72. The lowest BCUT2D eigenvalue weighted by atomic mass is 10.0. The normalized spacial score (nSPS) is 24.4. The van der Waals surface area contributed by atoms with Crippen molar-refractivity contribution in [2.75, 3.05) is 0 Å². The number of carbonyl (C=O) groups is 1. The molecule has 1 heterocycles. The van der Waals surface area contributed by atoms with E-state index >= 15 is 0 Å². The second-order valence-corrected chi connectivity index (χ2v) is 3.55. The van der Waals surface area contributed by atoms with E-state index in [0.29, 0.717) is 0 Å². The van der Waals surface area contributed by atoms with Gasteiger partial charge in [-0.1, -0.05) is 36.9 Å². The Kier molecular flexibility index (Phi) is 2.72. The summed E-state index contributed by atoms with van der Waals surface area (Å²) in [5.74, 6) is 0. The molecule has 1 saturated heterocycles. The third-order valence-electron chi connectivity index (χ3n) is 2.47. The molecule has 0 spiro atoms. The number of hydrogen-bond acceptors (Lipinski definition) is 2. The number of hydrogen-bond donors (Lipinski definition) is 1. The standard InChI is InChI=1S/C12H13NO2/c1-2-11-10(13-12(14)15-11)8-9-6-4-3-5-7-9/h2-7,10-11H,1,8H2,(H,13,14)/t10-,11+/m0/s1. The first kappa shape index (κ1) is 9.77. The Hall–Kier alpha value is -1.77. The Morgan fingerprint density at radius 1 is 1.40 bits per heavy atom. The predicted molar refractivity (Wildman–Crippen MR) is 57.5 cm³/mol. The quantitative estimate of drug-likeness (QED) is 0.762. The number of carbonyl (C=O) groups excluding carboxylic acids is 1. The van der Waals surface area contributed by atoms with E-state index in [9.17, 15) is 4.79 Å². The monoisotopic (exact) mass is 203 g/mol. The number of alkyl carbamates (subject to hydrolysis) is 1. The van der Waals surface area contributed by atoms with Crippen molar-refractivity contribution in [1.29, 1.82) is 0 Å². The zero-order chi connectivity index (χ0) is 10.7. The second-order valence-electron chi connectivity index (χ2n) is 3.55. The molecule has 1 aromatic rings. The minimum absolute atomic E-state index is 0.00241. The van der Waals surface area contributed by atoms with Crippen LogP contribution >= 0.6 is 0 Å². The first-order valence-corrected chi connectivity index (χ1v) is 4.93. The molecule has 0 unspecified atom stereocenters. The third kappa shape index (κ3) is 2.18. The summed E-state index contributed by atoms with van der Waals surface area (Å²) in [6.45, 7) is 3.65. The Morgan fingerprint density at radius 2 is 2.13 bits per heavy atom. The first-order valence-electron chi connectivity index (χ1n) is 4.93. The van der Waals surface area contributed by atoms with Gasteiger partial charge in [-0.15, -0.1) is 0 Å². The zero-order valence-electron chi connectivity index (χ0n) is 8.35. The molecule has 1 fully saturated rings. The highest BCUT2D eigenvalue weighted by molar-refractivity contribution is 5.70. The van der Waals surface area contributed by atoms with Crippen molar-refractivity contribution in [3.05, 3.63) is 48.6 Å². The molecule has 3 nitrogen and oxygen atoms in total. The predicted octanol–water partition coefficient (Wildman–Crippen LogP) is 1.89. The van der Waals surface area contributed by atoms with Crippen LogP contribution in [0.5, 0.6) is 0 Å². The minimum atomic E-state index is -0.360. The third-order valence-corrected chi connectivity index (χ3v) is 2.47. The Morgan fingerprint density at radius 3 is 2.80 bits per heavy atom. The second kappa shape index (κ2) is 4.17. The summed E-state index contributed by atoms with van der Waals surface area (Å²) >= 11 is 0. The lowest BCUT2D eigenvalue weighted by Gasteiger charge is -2.12. The summed E-state index contributed by atoms with van der Waals surface area (Å²) < 4.78 is 5.03. The number of rotatable bonds is 3. The number of amides is 1. The summed E-state index contributed by atoms with van der Waals surface area (Å²) in [7, 11) is 0. The van der Waals surface area contributed by atoms with Crippen LogP contribution in [0.2, 0.25) is 0 Å². The van der Waals surface area contributed by atoms with Gasteiger partial charge in [-0.3, -0.25) is 0 Å². The summed E-state index contributed by atoms with van der Waals surface area (Å²) in [4.78, 5) is 11.0. The number of benzene rings is 1. The minimum Gasteiger partial charge on any atom is -0.440 e. The molecule has 15 heavy (non-hydrogen) atoms. The van der Waals surface area contributed by atoms with E-state index in [1.807, 2.05) is 30.3 Å². The highest BCUT2D eigenvalue weighted by Gasteiger charge is 2.31. The molecule has 0 aliphatic carbocycles. The van der Waals surface area contributed by atoms with Gasteiger partial charge < -0.3 is 10.1 Å². The fraction of sp³-hybridized carbons (Fsp3) is 0.250. The number of cyclic esters (lactones) is 1. The van der Waals surface area contributed by atoms with Crippen molar-refractivity contribution in [3.63, 3.8) is 0 Å². The molecule has 2 rings (SSSR count). The van der Waals surface area contributed by atoms with Gasteiger partial charge in [0.25, 0.3) is 0 Å². The Labute approximate surface area is 88.8 Å². The van der Waals surface area contributed by atoms with Gasteiger partial charge in [0.2, 0.25) is 0 Å². The molecule has 1 N–H and O–H groups in total. The van der Waals surface area contributed by atoms with Gasteiger partial charge >= 0.3 is 6.09 Å². The molecule has 0 saturated carbocycles. The molecular weight excluding hydrogens is 190 g/mol. The Bertz CT molecular complexity index is 361. The summed E-state index contributed by atoms with van der Waals surface area (Å²) in [6, 6.07) is 10.00. The summed E-state index contributed by atoms with van der Waals surface area (Å²) in [5.41, 5.74) is 1.18. The fourth-order valence-corrected chi connectivity index (χ4v) is 1.72. The van der Waals surface area contributed by atoms with Crippen molar-refractivity contribution >= 4 is 6.09 Å². The maximum Gasteiger partial charge on any atom is 0.408 e. The molecule has 1 aromatic carbocycles. The molecule has 1 amide bonds. The lowest BCUT2D eigenvalue weighted by Crippen LogP contribution is -2.32. The van der Waals surface area contributed by atoms with Crippen molar-refractivity contribution in [3.8, 4) is 0 Å². The van der Waals surface area contributed by atoms with E-state index in [1.165, 1.54) is 5.56 Å². The highest BCUT2D eigenvalue weighted by Crippen LogP contribution is 2.14. The highest BCUT2D eigenvalue weighted by atomic mass is 16.6. The van der Waals surface area contributed by atoms with Gasteiger partial charge in [0.15, 0.2) is 0 Å². The van der Waals surface area contributed by atoms with Crippen molar-refractivity contribution in [2.24, 2.45) is 0 Å². The molecule has 3 heteroatoms. The van der Waals surface area contributed by atoms with E-state index < -0.39 is 0 Å². The first-order chi connectivity index (χ1) is 7.29. The van der Waals surface area contributed by atoms with Crippen molar-refractivity contribution in [1.82, 2.24) is 5.32 Å². The van der Waals surface area contributed by atoms with E-state index in [-0.39, 0.29) is 18.2 Å². The van der Waals surface area contributed by atoms with Gasteiger partial charge in [0.05, 0.1) is 6.04 Å². The smallest absolute Gasteiger partial charge is 0.408 e. The molecule has 0 bridgehead atoms. The summed E-state index contributed by atoms with van der Waals surface area (Å²) in [5, 5.41) is 2.77. The molecule has 0 aromatic heterocycles. The number of nitrogens with one attached hydrogen (secondary N) is 1. The van der Waals surface area contributed by atoms with Gasteiger partial charge in [0, 0.05) is 0 Å². The Balaban J connectivity index is 2.06. The zero-order valence-corrected chi connectivity index (χ0v) is 8.35. The van der Waals surface area contributed by atoms with Crippen molar-refractivity contribution < 1.29 is 9.53 Å². The molecular formula is C12H13NO2. The SMILES string of the molecule is C=C[C@H]1OC(=O)N[C@H]1Cc1ccccc1. The van der Waals surface area contributed by atoms with Gasteiger partial charge in [-0.25, -0.2) is 4.79 Å². The van der Waals surface area contributed by atoms with Crippen molar-refractivity contribution in [2.45, 2.75) is 18.6 Å². The van der Waals surface area contributed by atoms with E-state index in [1.54, 1.807) is 6.08 Å². The van der Waals surface area contributed by atoms with Crippen LogP contribution in [0.4, 0.5) is 4.79 Å². The topological polar surface area (TPSA) is 38.3 Å². The maximum absolute atomic E-state index is 11.0. The molecule has 1 aliphatic rings. The molecule has 0 radical (unpaired) electrons. The largest absolute Gasteiger partial charge is 0.440 e. The van der Waals surface area contributed by atoms with E-state index in [0.717, 1.165) is 6.42 Å². The van der Waals surface area contributed by atoms with Gasteiger partial charge in [-0.05, 0) is 18.1 Å². The van der Waals surface area contributed by atoms with Crippen LogP contribution in [0, 0.1) is 0 Å². The average Bonchev–Trinajstić information content (AvgIpc) is 2.60. The molecule has 2 atom stereocenters. The van der Waals surface area contributed by atoms with Crippen LogP contribution in [0.15, 0.2) is 43.0 Å². The van der Waals surface area contributed by atoms with Crippen LogP contribution in [-0.2, 0) is 11.2 Å². The van der Waals surface area contributed by atoms with Gasteiger partial charge in [-0.2, -0.15) is 0 Å². The van der Waals surface area contributed by atoms with Crippen LogP contribution in [0.25, 0.3) is 0 Å². The summed E-state index contributed by atoms with van der Waals surface area (Å²) in [6.07, 6.45) is 1.84. The number of ether oxygens (including phenoxy) is 1.